The van der Waals surface area contributed by atoms with E-state index >= 15 is 0 Å². The highest BCUT2D eigenvalue weighted by atomic mass is 15.1. The summed E-state index contributed by atoms with van der Waals surface area (Å²) < 4.78 is 0. The van der Waals surface area contributed by atoms with E-state index in [1.54, 1.807) is 0 Å². The number of hydrogen-bond donors (Lipinski definition) is 1. The Labute approximate surface area is 99.8 Å². The second kappa shape index (κ2) is 7.65. The van der Waals surface area contributed by atoms with E-state index in [9.17, 15) is 0 Å². The zero-order chi connectivity index (χ0) is 11.8. The SMILES string of the molecule is CC(C)N(CCCC#N)CC1CCCNC1. The van der Waals surface area contributed by atoms with Crippen LogP contribution in [0.1, 0.15) is 39.5 Å². The monoisotopic (exact) mass is 223 g/mol. The maximum atomic E-state index is 8.56. The zero-order valence-electron chi connectivity index (χ0n) is 10.7. The fourth-order valence-electron chi connectivity index (χ4n) is 2.33. The van der Waals surface area contributed by atoms with Crippen molar-refractivity contribution < 1.29 is 0 Å². The van der Waals surface area contributed by atoms with Crippen molar-refractivity contribution in [2.24, 2.45) is 5.92 Å². The van der Waals surface area contributed by atoms with E-state index in [-0.39, 0.29) is 0 Å². The standard InChI is InChI=1S/C13H25N3/c1-12(2)16(9-4-3-7-14)11-13-6-5-8-15-10-13/h12-13,15H,3-6,8-11H2,1-2H3. The van der Waals surface area contributed by atoms with Gasteiger partial charge in [0.25, 0.3) is 0 Å². The molecule has 1 unspecified atom stereocenters. The molecule has 1 fully saturated rings. The first kappa shape index (κ1) is 13.5. The Kier molecular flexibility index (Phi) is 6.44. The number of nitrogens with one attached hydrogen (secondary N) is 1. The molecule has 0 aromatic carbocycles. The molecule has 1 saturated heterocycles. The molecule has 1 aliphatic heterocycles. The summed E-state index contributed by atoms with van der Waals surface area (Å²) in [4.78, 5) is 2.52. The van der Waals surface area contributed by atoms with Crippen LogP contribution in [0.25, 0.3) is 0 Å². The molecule has 1 N–H and O–H groups in total. The van der Waals surface area contributed by atoms with Crippen molar-refractivity contribution in [3.8, 4) is 6.07 Å². The van der Waals surface area contributed by atoms with Gasteiger partial charge in [-0.1, -0.05) is 0 Å². The van der Waals surface area contributed by atoms with Crippen LogP contribution >= 0.6 is 0 Å². The molecular formula is C13H25N3. The van der Waals surface area contributed by atoms with E-state index in [0.717, 1.165) is 18.9 Å². The molecule has 3 heteroatoms. The first-order valence-corrected chi connectivity index (χ1v) is 6.55. The van der Waals surface area contributed by atoms with Crippen molar-refractivity contribution in [1.29, 1.82) is 5.26 Å². The van der Waals surface area contributed by atoms with Gasteiger partial charge in [-0.3, -0.25) is 0 Å². The molecule has 1 heterocycles. The van der Waals surface area contributed by atoms with Gasteiger partial charge in [-0.15, -0.1) is 0 Å². The lowest BCUT2D eigenvalue weighted by Gasteiger charge is -2.32. The quantitative estimate of drug-likeness (QED) is 0.700. The third-order valence-electron chi connectivity index (χ3n) is 3.36. The summed E-state index contributed by atoms with van der Waals surface area (Å²) in [5.74, 6) is 0.804. The van der Waals surface area contributed by atoms with E-state index in [1.807, 2.05) is 0 Å². The van der Waals surface area contributed by atoms with Gasteiger partial charge >= 0.3 is 0 Å². The van der Waals surface area contributed by atoms with Gasteiger partial charge in [-0.25, -0.2) is 0 Å². The maximum absolute atomic E-state index is 8.56. The molecule has 0 radical (unpaired) electrons. The molecule has 0 bridgehead atoms. The van der Waals surface area contributed by atoms with Gasteiger partial charge in [-0.05, 0) is 58.7 Å². The molecule has 0 saturated carbocycles. The highest BCUT2D eigenvalue weighted by Crippen LogP contribution is 2.14. The van der Waals surface area contributed by atoms with Crippen molar-refractivity contribution in [3.05, 3.63) is 0 Å². The fraction of sp³-hybridized carbons (Fsp3) is 0.923. The van der Waals surface area contributed by atoms with Crippen LogP contribution in [0.5, 0.6) is 0 Å². The van der Waals surface area contributed by atoms with Crippen LogP contribution in [0.4, 0.5) is 0 Å². The Morgan fingerprint density at radius 3 is 2.88 bits per heavy atom. The van der Waals surface area contributed by atoms with Crippen LogP contribution in [-0.4, -0.2) is 37.1 Å². The van der Waals surface area contributed by atoms with Gasteiger partial charge in [0.05, 0.1) is 6.07 Å². The van der Waals surface area contributed by atoms with Gasteiger partial charge in [0.2, 0.25) is 0 Å². The van der Waals surface area contributed by atoms with Crippen LogP contribution in [0.15, 0.2) is 0 Å². The summed E-state index contributed by atoms with van der Waals surface area (Å²) >= 11 is 0. The van der Waals surface area contributed by atoms with Crippen molar-refractivity contribution in [3.63, 3.8) is 0 Å². The van der Waals surface area contributed by atoms with E-state index < -0.39 is 0 Å². The largest absolute Gasteiger partial charge is 0.316 e. The van der Waals surface area contributed by atoms with Crippen LogP contribution in [0.2, 0.25) is 0 Å². The van der Waals surface area contributed by atoms with Crippen LogP contribution in [0, 0.1) is 17.2 Å². The average molecular weight is 223 g/mol. The molecule has 1 aliphatic rings. The predicted octanol–water partition coefficient (Wildman–Crippen LogP) is 2.00. The molecule has 92 valence electrons. The van der Waals surface area contributed by atoms with Crippen molar-refractivity contribution >= 4 is 0 Å². The Balaban J connectivity index is 2.29. The first-order chi connectivity index (χ1) is 7.74. The van der Waals surface area contributed by atoms with E-state index in [2.05, 4.69) is 30.1 Å². The molecule has 0 amide bonds. The van der Waals surface area contributed by atoms with Crippen molar-refractivity contribution in [1.82, 2.24) is 10.2 Å². The van der Waals surface area contributed by atoms with Crippen molar-refractivity contribution in [2.75, 3.05) is 26.2 Å². The molecule has 3 nitrogen and oxygen atoms in total. The number of piperidine rings is 1. The minimum absolute atomic E-state index is 0.598. The third kappa shape index (κ3) is 4.96. The number of unbranched alkanes of at least 4 members (excludes halogenated alkanes) is 1. The van der Waals surface area contributed by atoms with Gasteiger partial charge < -0.3 is 10.2 Å². The summed E-state index contributed by atoms with van der Waals surface area (Å²) in [7, 11) is 0. The molecule has 0 aliphatic carbocycles. The Morgan fingerprint density at radius 2 is 2.31 bits per heavy atom. The molecule has 0 aromatic heterocycles. The normalized spacial score (nSPS) is 21.3. The molecule has 1 atom stereocenters. The van der Waals surface area contributed by atoms with E-state index in [1.165, 1.54) is 32.5 Å². The minimum Gasteiger partial charge on any atom is -0.316 e. The molecule has 1 rings (SSSR count). The topological polar surface area (TPSA) is 39.1 Å². The highest BCUT2D eigenvalue weighted by Gasteiger charge is 2.18. The maximum Gasteiger partial charge on any atom is 0.0622 e. The zero-order valence-corrected chi connectivity index (χ0v) is 10.7. The predicted molar refractivity (Wildman–Crippen MR) is 67.1 cm³/mol. The third-order valence-corrected chi connectivity index (χ3v) is 3.36. The average Bonchev–Trinajstić information content (AvgIpc) is 2.29. The fourth-order valence-corrected chi connectivity index (χ4v) is 2.33. The van der Waals surface area contributed by atoms with E-state index in [4.69, 9.17) is 5.26 Å². The van der Waals surface area contributed by atoms with Crippen LogP contribution in [0.3, 0.4) is 0 Å². The number of nitrogens with zero attached hydrogens (tertiary/aromatic N) is 2. The molecule has 0 spiro atoms. The van der Waals surface area contributed by atoms with Gasteiger partial charge in [-0.2, -0.15) is 5.26 Å². The summed E-state index contributed by atoms with van der Waals surface area (Å²) in [5.41, 5.74) is 0. The molecule has 0 aromatic rings. The summed E-state index contributed by atoms with van der Waals surface area (Å²) in [5, 5.41) is 12.0. The minimum atomic E-state index is 0.598. The summed E-state index contributed by atoms with van der Waals surface area (Å²) in [6, 6.07) is 2.82. The Bertz CT molecular complexity index is 214. The Morgan fingerprint density at radius 1 is 1.50 bits per heavy atom. The number of hydrogen-bond acceptors (Lipinski definition) is 3. The summed E-state index contributed by atoms with van der Waals surface area (Å²) in [6.07, 6.45) is 4.37. The van der Waals surface area contributed by atoms with Crippen molar-refractivity contribution in [2.45, 2.75) is 45.6 Å². The molecular weight excluding hydrogens is 198 g/mol. The molecule has 16 heavy (non-hydrogen) atoms. The van der Waals surface area contributed by atoms with E-state index in [0.29, 0.717) is 12.5 Å². The number of nitriles is 1. The highest BCUT2D eigenvalue weighted by molar-refractivity contribution is 4.76. The second-order valence-corrected chi connectivity index (χ2v) is 5.06. The van der Waals surface area contributed by atoms with Gasteiger partial charge in [0, 0.05) is 19.0 Å². The summed E-state index contributed by atoms with van der Waals surface area (Å²) in [6.45, 7) is 9.12. The second-order valence-electron chi connectivity index (χ2n) is 5.06. The Hall–Kier alpha value is -0.590. The van der Waals surface area contributed by atoms with Crippen LogP contribution < -0.4 is 5.32 Å². The lowest BCUT2D eigenvalue weighted by atomic mass is 9.98. The van der Waals surface area contributed by atoms with Crippen LogP contribution in [-0.2, 0) is 0 Å². The van der Waals surface area contributed by atoms with Gasteiger partial charge in [0.1, 0.15) is 0 Å². The lowest BCUT2D eigenvalue weighted by Crippen LogP contribution is -2.41. The number of rotatable bonds is 6. The lowest BCUT2D eigenvalue weighted by molar-refractivity contribution is 0.170. The van der Waals surface area contributed by atoms with Gasteiger partial charge in [0.15, 0.2) is 0 Å². The smallest absolute Gasteiger partial charge is 0.0622 e. The first-order valence-electron chi connectivity index (χ1n) is 6.55.